The molecule has 2 rings (SSSR count). The molecule has 1 amide bonds. The first-order valence-electron chi connectivity index (χ1n) is 6.26. The Hall–Kier alpha value is -2.56. The molecule has 1 atom stereocenters. The number of hydrogen-bond donors (Lipinski definition) is 2. The molecule has 0 aliphatic heterocycles. The molecule has 1 aromatic heterocycles. The number of hydrogen-bond acceptors (Lipinski definition) is 4. The highest BCUT2D eigenvalue weighted by Gasteiger charge is 2.12. The molecular weight excluding hydrogens is 254 g/mol. The van der Waals surface area contributed by atoms with Gasteiger partial charge in [0.2, 0.25) is 0 Å². The molecule has 0 fully saturated rings. The third-order valence-corrected chi connectivity index (χ3v) is 2.96. The molecule has 0 saturated heterocycles. The number of aromatic nitrogens is 1. The van der Waals surface area contributed by atoms with E-state index in [0.717, 1.165) is 11.3 Å². The molecule has 3 N–H and O–H groups in total. The Balaban J connectivity index is 2.08. The topological polar surface area (TPSA) is 77.2 Å². The van der Waals surface area contributed by atoms with E-state index in [1.165, 1.54) is 6.20 Å². The van der Waals surface area contributed by atoms with Crippen molar-refractivity contribution in [1.82, 2.24) is 10.3 Å². The van der Waals surface area contributed by atoms with Crippen molar-refractivity contribution in [3.8, 4) is 5.75 Å². The average Bonchev–Trinajstić information content (AvgIpc) is 2.47. The van der Waals surface area contributed by atoms with E-state index in [9.17, 15) is 4.79 Å². The second-order valence-electron chi connectivity index (χ2n) is 4.45. The van der Waals surface area contributed by atoms with E-state index in [2.05, 4.69) is 10.3 Å². The standard InChI is InChI=1S/C15H17N3O2/c1-10(11-4-3-5-13(8-11)20-2)18-15(19)14-7-6-12(16)9-17-14/h3-10H,16H2,1-2H3,(H,18,19)/t10-/m1/s1. The van der Waals surface area contributed by atoms with Crippen LogP contribution in [0.5, 0.6) is 5.75 Å². The number of rotatable bonds is 4. The number of ether oxygens (including phenoxy) is 1. The number of amides is 1. The summed E-state index contributed by atoms with van der Waals surface area (Å²) in [7, 11) is 1.61. The van der Waals surface area contributed by atoms with Crippen molar-refractivity contribution in [2.45, 2.75) is 13.0 Å². The summed E-state index contributed by atoms with van der Waals surface area (Å²) in [5.41, 5.74) is 7.38. The Kier molecular flexibility index (Phi) is 4.20. The molecule has 5 heteroatoms. The zero-order valence-corrected chi connectivity index (χ0v) is 11.5. The van der Waals surface area contributed by atoms with Gasteiger partial charge in [-0.25, -0.2) is 4.98 Å². The summed E-state index contributed by atoms with van der Waals surface area (Å²) < 4.78 is 5.17. The minimum atomic E-state index is -0.236. The maximum Gasteiger partial charge on any atom is 0.270 e. The molecule has 0 aliphatic carbocycles. The summed E-state index contributed by atoms with van der Waals surface area (Å²) in [5, 5.41) is 2.89. The van der Waals surface area contributed by atoms with Crippen LogP contribution in [0.2, 0.25) is 0 Å². The lowest BCUT2D eigenvalue weighted by atomic mass is 10.1. The van der Waals surface area contributed by atoms with Crippen molar-refractivity contribution >= 4 is 11.6 Å². The number of nitrogens with two attached hydrogens (primary N) is 1. The first-order chi connectivity index (χ1) is 9.60. The maximum absolute atomic E-state index is 12.0. The molecular formula is C15H17N3O2. The van der Waals surface area contributed by atoms with E-state index in [1.807, 2.05) is 31.2 Å². The maximum atomic E-state index is 12.0. The van der Waals surface area contributed by atoms with Gasteiger partial charge < -0.3 is 15.8 Å². The normalized spacial score (nSPS) is 11.7. The summed E-state index contributed by atoms with van der Waals surface area (Å²) in [6.07, 6.45) is 1.46. The minimum Gasteiger partial charge on any atom is -0.497 e. The first-order valence-corrected chi connectivity index (χ1v) is 6.26. The highest BCUT2D eigenvalue weighted by Crippen LogP contribution is 2.19. The average molecular weight is 271 g/mol. The van der Waals surface area contributed by atoms with E-state index in [0.29, 0.717) is 11.4 Å². The smallest absolute Gasteiger partial charge is 0.270 e. The quantitative estimate of drug-likeness (QED) is 0.893. The number of methoxy groups -OCH3 is 1. The lowest BCUT2D eigenvalue weighted by Crippen LogP contribution is -2.27. The van der Waals surface area contributed by atoms with E-state index in [1.54, 1.807) is 19.2 Å². The Morgan fingerprint density at radius 3 is 2.80 bits per heavy atom. The zero-order chi connectivity index (χ0) is 14.5. The number of nitrogen functional groups attached to an aromatic ring is 1. The number of pyridine rings is 1. The van der Waals surface area contributed by atoms with Crippen LogP contribution in [0.15, 0.2) is 42.6 Å². The summed E-state index contributed by atoms with van der Waals surface area (Å²) >= 11 is 0. The lowest BCUT2D eigenvalue weighted by Gasteiger charge is -2.15. The van der Waals surface area contributed by atoms with Crippen LogP contribution in [0, 0.1) is 0 Å². The Morgan fingerprint density at radius 1 is 1.35 bits per heavy atom. The molecule has 0 spiro atoms. The van der Waals surface area contributed by atoms with Gasteiger partial charge in [0.25, 0.3) is 5.91 Å². The Bertz CT molecular complexity index is 596. The number of carbonyl (C=O) groups is 1. The van der Waals surface area contributed by atoms with Crippen molar-refractivity contribution in [2.75, 3.05) is 12.8 Å². The number of nitrogens with one attached hydrogen (secondary N) is 1. The number of nitrogens with zero attached hydrogens (tertiary/aromatic N) is 1. The van der Waals surface area contributed by atoms with Gasteiger partial charge in [-0.1, -0.05) is 12.1 Å². The second-order valence-corrected chi connectivity index (χ2v) is 4.45. The van der Waals surface area contributed by atoms with E-state index < -0.39 is 0 Å². The monoisotopic (exact) mass is 271 g/mol. The summed E-state index contributed by atoms with van der Waals surface area (Å²) in [4.78, 5) is 16.0. The predicted molar refractivity (Wildman–Crippen MR) is 77.5 cm³/mol. The van der Waals surface area contributed by atoms with Crippen LogP contribution in [0.4, 0.5) is 5.69 Å². The third-order valence-electron chi connectivity index (χ3n) is 2.96. The summed E-state index contributed by atoms with van der Waals surface area (Å²) in [5.74, 6) is 0.523. The van der Waals surface area contributed by atoms with Gasteiger partial charge in [0, 0.05) is 0 Å². The Morgan fingerprint density at radius 2 is 2.15 bits per heavy atom. The van der Waals surface area contributed by atoms with Gasteiger partial charge in [0.1, 0.15) is 11.4 Å². The molecule has 5 nitrogen and oxygen atoms in total. The Labute approximate surface area is 117 Å². The van der Waals surface area contributed by atoms with Crippen LogP contribution in [-0.4, -0.2) is 18.0 Å². The lowest BCUT2D eigenvalue weighted by molar-refractivity contribution is 0.0935. The van der Waals surface area contributed by atoms with Gasteiger partial charge in [-0.3, -0.25) is 4.79 Å². The van der Waals surface area contributed by atoms with Gasteiger partial charge in [0.05, 0.1) is 25.0 Å². The number of carbonyl (C=O) groups excluding carboxylic acids is 1. The molecule has 0 bridgehead atoms. The second kappa shape index (κ2) is 6.06. The van der Waals surface area contributed by atoms with Gasteiger partial charge in [-0.15, -0.1) is 0 Å². The van der Waals surface area contributed by atoms with Crippen LogP contribution in [0.25, 0.3) is 0 Å². The molecule has 0 unspecified atom stereocenters. The van der Waals surface area contributed by atoms with Crippen molar-refractivity contribution in [1.29, 1.82) is 0 Å². The zero-order valence-electron chi connectivity index (χ0n) is 11.5. The molecule has 1 aromatic carbocycles. The van der Waals surface area contributed by atoms with Gasteiger partial charge in [0.15, 0.2) is 0 Å². The molecule has 104 valence electrons. The number of benzene rings is 1. The van der Waals surface area contributed by atoms with Crippen molar-refractivity contribution in [3.05, 3.63) is 53.9 Å². The largest absolute Gasteiger partial charge is 0.497 e. The van der Waals surface area contributed by atoms with Gasteiger partial charge in [-0.2, -0.15) is 0 Å². The predicted octanol–water partition coefficient (Wildman–Crippen LogP) is 2.16. The molecule has 20 heavy (non-hydrogen) atoms. The van der Waals surface area contributed by atoms with Crippen LogP contribution >= 0.6 is 0 Å². The van der Waals surface area contributed by atoms with Crippen molar-refractivity contribution < 1.29 is 9.53 Å². The van der Waals surface area contributed by atoms with Crippen molar-refractivity contribution in [3.63, 3.8) is 0 Å². The van der Waals surface area contributed by atoms with E-state index in [-0.39, 0.29) is 11.9 Å². The number of anilines is 1. The highest BCUT2D eigenvalue weighted by molar-refractivity contribution is 5.92. The molecule has 0 radical (unpaired) electrons. The molecule has 0 saturated carbocycles. The van der Waals surface area contributed by atoms with Crippen molar-refractivity contribution in [2.24, 2.45) is 0 Å². The highest BCUT2D eigenvalue weighted by atomic mass is 16.5. The van der Waals surface area contributed by atoms with Crippen LogP contribution in [-0.2, 0) is 0 Å². The fourth-order valence-corrected chi connectivity index (χ4v) is 1.80. The van der Waals surface area contributed by atoms with Crippen LogP contribution < -0.4 is 15.8 Å². The SMILES string of the molecule is COc1cccc([C@@H](C)NC(=O)c2ccc(N)cn2)c1. The molecule has 2 aromatic rings. The fourth-order valence-electron chi connectivity index (χ4n) is 1.80. The summed E-state index contributed by atoms with van der Waals surface area (Å²) in [6.45, 7) is 1.91. The third kappa shape index (κ3) is 3.26. The van der Waals surface area contributed by atoms with E-state index >= 15 is 0 Å². The first kappa shape index (κ1) is 13.9. The molecule has 0 aliphatic rings. The van der Waals surface area contributed by atoms with Gasteiger partial charge >= 0.3 is 0 Å². The molecule has 1 heterocycles. The van der Waals surface area contributed by atoms with Crippen LogP contribution in [0.1, 0.15) is 29.0 Å². The fraction of sp³-hybridized carbons (Fsp3) is 0.200. The van der Waals surface area contributed by atoms with Crippen LogP contribution in [0.3, 0.4) is 0 Å². The van der Waals surface area contributed by atoms with E-state index in [4.69, 9.17) is 10.5 Å². The minimum absolute atomic E-state index is 0.142. The summed E-state index contributed by atoms with van der Waals surface area (Å²) in [6, 6.07) is 10.7. The van der Waals surface area contributed by atoms with Gasteiger partial charge in [-0.05, 0) is 36.8 Å².